The third kappa shape index (κ3) is 1.55. The molecule has 0 heterocycles. The molecule has 0 atom stereocenters. The molecule has 2 nitrogen and oxygen atoms in total. The van der Waals surface area contributed by atoms with Crippen molar-refractivity contribution in [3.05, 3.63) is 28.2 Å². The van der Waals surface area contributed by atoms with Gasteiger partial charge >= 0.3 is 0 Å². The Labute approximate surface area is 92.0 Å². The van der Waals surface area contributed by atoms with E-state index >= 15 is 0 Å². The summed E-state index contributed by atoms with van der Waals surface area (Å²) in [6.07, 6.45) is 2.10. The van der Waals surface area contributed by atoms with Gasteiger partial charge in [0.05, 0.1) is 13.7 Å². The summed E-state index contributed by atoms with van der Waals surface area (Å²) in [5.74, 6) is 0.875. The van der Waals surface area contributed by atoms with Gasteiger partial charge in [-0.2, -0.15) is 0 Å². The van der Waals surface area contributed by atoms with Gasteiger partial charge in [-0.1, -0.05) is 15.9 Å². The molecule has 0 unspecified atom stereocenters. The number of hydrogen-bond acceptors (Lipinski definition) is 2. The van der Waals surface area contributed by atoms with Crippen molar-refractivity contribution in [2.24, 2.45) is 0 Å². The van der Waals surface area contributed by atoms with Crippen LogP contribution in [0.15, 0.2) is 22.7 Å². The molecule has 1 aliphatic rings. The number of methoxy groups -OCH3 is 1. The lowest BCUT2D eigenvalue weighted by Gasteiger charge is -2.16. The molecule has 0 spiro atoms. The lowest BCUT2D eigenvalue weighted by molar-refractivity contribution is 0.251. The van der Waals surface area contributed by atoms with Crippen molar-refractivity contribution in [1.29, 1.82) is 0 Å². The molecule has 1 aromatic carbocycles. The van der Waals surface area contributed by atoms with Crippen molar-refractivity contribution >= 4 is 15.9 Å². The second-order valence-corrected chi connectivity index (χ2v) is 4.70. The second kappa shape index (κ2) is 3.55. The summed E-state index contributed by atoms with van der Waals surface area (Å²) >= 11 is 3.44. The monoisotopic (exact) mass is 256 g/mol. The maximum Gasteiger partial charge on any atom is 0.122 e. The van der Waals surface area contributed by atoms with Crippen molar-refractivity contribution < 1.29 is 9.84 Å². The predicted octanol–water partition coefficient (Wildman–Crippen LogP) is 2.48. The van der Waals surface area contributed by atoms with Crippen molar-refractivity contribution in [3.63, 3.8) is 0 Å². The minimum atomic E-state index is -0.0326. The van der Waals surface area contributed by atoms with Crippen LogP contribution in [-0.4, -0.2) is 18.8 Å². The minimum absolute atomic E-state index is 0.0326. The molecular formula is C11H13BrO2. The molecule has 1 saturated carbocycles. The van der Waals surface area contributed by atoms with Gasteiger partial charge in [-0.3, -0.25) is 0 Å². The number of halogens is 1. The van der Waals surface area contributed by atoms with Crippen LogP contribution in [0.3, 0.4) is 0 Å². The highest BCUT2D eigenvalue weighted by atomic mass is 79.9. The van der Waals surface area contributed by atoms with Crippen molar-refractivity contribution in [3.8, 4) is 5.75 Å². The van der Waals surface area contributed by atoms with Crippen LogP contribution in [0.1, 0.15) is 18.4 Å². The molecule has 0 radical (unpaired) electrons. The first-order valence-corrected chi connectivity index (χ1v) is 5.46. The van der Waals surface area contributed by atoms with E-state index in [0.717, 1.165) is 28.6 Å². The molecule has 76 valence electrons. The SMILES string of the molecule is COc1ccc(Br)cc1C1(CO)CC1. The first kappa shape index (κ1) is 9.99. The number of aliphatic hydroxyl groups is 1. The van der Waals surface area contributed by atoms with Crippen LogP contribution in [0, 0.1) is 0 Å². The Bertz CT molecular complexity index is 345. The van der Waals surface area contributed by atoms with E-state index in [1.165, 1.54) is 0 Å². The van der Waals surface area contributed by atoms with E-state index in [4.69, 9.17) is 4.74 Å². The Morgan fingerprint density at radius 2 is 2.21 bits per heavy atom. The van der Waals surface area contributed by atoms with E-state index in [1.807, 2.05) is 18.2 Å². The summed E-state index contributed by atoms with van der Waals surface area (Å²) in [5, 5.41) is 9.35. The smallest absolute Gasteiger partial charge is 0.122 e. The van der Waals surface area contributed by atoms with E-state index in [9.17, 15) is 5.11 Å². The zero-order valence-corrected chi connectivity index (χ0v) is 9.67. The summed E-state index contributed by atoms with van der Waals surface area (Å²) in [6, 6.07) is 5.94. The standard InChI is InChI=1S/C11H13BrO2/c1-14-10-3-2-8(12)6-9(10)11(7-13)4-5-11/h2-3,6,13H,4-5,7H2,1H3. The Morgan fingerprint density at radius 1 is 1.50 bits per heavy atom. The number of ether oxygens (including phenoxy) is 1. The average Bonchev–Trinajstić information content (AvgIpc) is 2.98. The maximum atomic E-state index is 9.35. The molecule has 0 amide bonds. The van der Waals surface area contributed by atoms with Crippen LogP contribution in [0.2, 0.25) is 0 Å². The summed E-state index contributed by atoms with van der Waals surface area (Å²) in [6.45, 7) is 0.208. The lowest BCUT2D eigenvalue weighted by atomic mass is 9.96. The topological polar surface area (TPSA) is 29.5 Å². The summed E-state index contributed by atoms with van der Waals surface area (Å²) in [7, 11) is 1.67. The molecule has 0 saturated heterocycles. The van der Waals surface area contributed by atoms with Gasteiger partial charge in [0, 0.05) is 15.5 Å². The van der Waals surface area contributed by atoms with Crippen LogP contribution in [0.25, 0.3) is 0 Å². The van der Waals surface area contributed by atoms with Crippen LogP contribution in [-0.2, 0) is 5.41 Å². The van der Waals surface area contributed by atoms with Gasteiger partial charge in [0.15, 0.2) is 0 Å². The largest absolute Gasteiger partial charge is 0.496 e. The number of hydrogen-bond donors (Lipinski definition) is 1. The molecule has 0 aromatic heterocycles. The van der Waals surface area contributed by atoms with Crippen molar-refractivity contribution in [1.82, 2.24) is 0 Å². The van der Waals surface area contributed by atoms with Gasteiger partial charge in [-0.15, -0.1) is 0 Å². The Balaban J connectivity index is 2.44. The van der Waals surface area contributed by atoms with Gasteiger partial charge in [-0.25, -0.2) is 0 Å². The van der Waals surface area contributed by atoms with E-state index in [0.29, 0.717) is 0 Å². The zero-order valence-electron chi connectivity index (χ0n) is 8.09. The van der Waals surface area contributed by atoms with E-state index in [2.05, 4.69) is 15.9 Å². The number of rotatable bonds is 3. The van der Waals surface area contributed by atoms with E-state index < -0.39 is 0 Å². The van der Waals surface area contributed by atoms with Gasteiger partial charge in [0.2, 0.25) is 0 Å². The molecule has 0 aliphatic heterocycles. The highest BCUT2D eigenvalue weighted by Crippen LogP contribution is 2.51. The number of benzene rings is 1. The van der Waals surface area contributed by atoms with Crippen LogP contribution in [0.4, 0.5) is 0 Å². The fraction of sp³-hybridized carbons (Fsp3) is 0.455. The first-order valence-electron chi connectivity index (χ1n) is 4.67. The Kier molecular flexibility index (Phi) is 2.54. The Hall–Kier alpha value is -0.540. The summed E-state index contributed by atoms with van der Waals surface area (Å²) in [5.41, 5.74) is 1.09. The molecule has 3 heteroatoms. The molecular weight excluding hydrogens is 244 g/mol. The van der Waals surface area contributed by atoms with E-state index in [1.54, 1.807) is 7.11 Å². The zero-order chi connectivity index (χ0) is 10.2. The average molecular weight is 257 g/mol. The molecule has 1 aliphatic carbocycles. The normalized spacial score (nSPS) is 17.9. The fourth-order valence-electron chi connectivity index (χ4n) is 1.76. The van der Waals surface area contributed by atoms with Gasteiger partial charge < -0.3 is 9.84 Å². The Morgan fingerprint density at radius 3 is 2.71 bits per heavy atom. The third-order valence-corrected chi connectivity index (χ3v) is 3.38. The quantitative estimate of drug-likeness (QED) is 0.901. The predicted molar refractivity (Wildman–Crippen MR) is 58.7 cm³/mol. The molecule has 0 bridgehead atoms. The molecule has 1 fully saturated rings. The van der Waals surface area contributed by atoms with Crippen LogP contribution in [0.5, 0.6) is 5.75 Å². The van der Waals surface area contributed by atoms with Crippen LogP contribution >= 0.6 is 15.9 Å². The lowest BCUT2D eigenvalue weighted by Crippen LogP contribution is -2.13. The third-order valence-electron chi connectivity index (χ3n) is 2.89. The minimum Gasteiger partial charge on any atom is -0.496 e. The molecule has 1 N–H and O–H groups in total. The van der Waals surface area contributed by atoms with Crippen molar-refractivity contribution in [2.75, 3.05) is 13.7 Å². The number of aliphatic hydroxyl groups excluding tert-OH is 1. The highest BCUT2D eigenvalue weighted by molar-refractivity contribution is 9.10. The highest BCUT2D eigenvalue weighted by Gasteiger charge is 2.45. The van der Waals surface area contributed by atoms with Gasteiger partial charge in [-0.05, 0) is 31.0 Å². The first-order chi connectivity index (χ1) is 6.72. The fourth-order valence-corrected chi connectivity index (χ4v) is 2.12. The van der Waals surface area contributed by atoms with E-state index in [-0.39, 0.29) is 12.0 Å². The molecule has 1 aromatic rings. The molecule has 14 heavy (non-hydrogen) atoms. The van der Waals surface area contributed by atoms with Crippen LogP contribution < -0.4 is 4.74 Å². The van der Waals surface area contributed by atoms with Gasteiger partial charge in [0.25, 0.3) is 0 Å². The molecule has 2 rings (SSSR count). The van der Waals surface area contributed by atoms with Crippen molar-refractivity contribution in [2.45, 2.75) is 18.3 Å². The van der Waals surface area contributed by atoms with Gasteiger partial charge in [0.1, 0.15) is 5.75 Å². The maximum absolute atomic E-state index is 9.35. The summed E-state index contributed by atoms with van der Waals surface area (Å²) in [4.78, 5) is 0. The summed E-state index contributed by atoms with van der Waals surface area (Å²) < 4.78 is 6.33. The second-order valence-electron chi connectivity index (χ2n) is 3.78.